The molecule has 0 spiro atoms. The zero-order valence-electron chi connectivity index (χ0n) is 12.3. The van der Waals surface area contributed by atoms with Gasteiger partial charge in [-0.1, -0.05) is 12.1 Å². The Balaban J connectivity index is 1.52. The van der Waals surface area contributed by atoms with Crippen molar-refractivity contribution in [3.05, 3.63) is 47.2 Å². The van der Waals surface area contributed by atoms with E-state index in [0.717, 1.165) is 5.56 Å². The Morgan fingerprint density at radius 3 is 2.83 bits per heavy atom. The average molecular weight is 330 g/mol. The van der Waals surface area contributed by atoms with E-state index in [1.54, 1.807) is 17.9 Å². The van der Waals surface area contributed by atoms with Crippen molar-refractivity contribution in [1.29, 1.82) is 0 Å². The lowest BCUT2D eigenvalue weighted by Gasteiger charge is -2.06. The summed E-state index contributed by atoms with van der Waals surface area (Å²) in [5.41, 5.74) is 0.895. The summed E-state index contributed by atoms with van der Waals surface area (Å²) in [5, 5.41) is 16.3. The van der Waals surface area contributed by atoms with Gasteiger partial charge in [-0.2, -0.15) is 0 Å². The predicted octanol–water partition coefficient (Wildman–Crippen LogP) is 1.43. The van der Waals surface area contributed by atoms with E-state index >= 15 is 0 Å². The maximum absolute atomic E-state index is 11.9. The molecule has 2 aromatic heterocycles. The second-order valence-corrected chi connectivity index (χ2v) is 5.61. The molecule has 0 saturated carbocycles. The van der Waals surface area contributed by atoms with Crippen molar-refractivity contribution in [2.24, 2.45) is 7.05 Å². The summed E-state index contributed by atoms with van der Waals surface area (Å²) in [6.45, 7) is 0.285. The molecule has 118 valence electrons. The third kappa shape index (κ3) is 4.10. The van der Waals surface area contributed by atoms with Gasteiger partial charge in [0.05, 0.1) is 6.42 Å². The minimum absolute atomic E-state index is 0.0984. The Labute approximate surface area is 136 Å². The number of carbonyl (C=O) groups is 1. The zero-order chi connectivity index (χ0) is 16.1. The standard InChI is InChI=1S/C14H14N6O2S/c1-20-12(17-18-19-20)9-22-11-4-2-10(3-5-11)8-13(21)16-14-15-6-7-23-14/h2-7H,8-9H2,1H3,(H,15,16,21). The molecular formula is C14H14N6O2S. The van der Waals surface area contributed by atoms with Crippen LogP contribution in [0.5, 0.6) is 5.75 Å². The van der Waals surface area contributed by atoms with E-state index in [1.807, 2.05) is 29.6 Å². The van der Waals surface area contributed by atoms with Crippen molar-refractivity contribution in [3.63, 3.8) is 0 Å². The molecule has 3 rings (SSSR count). The minimum Gasteiger partial charge on any atom is -0.486 e. The number of rotatable bonds is 6. The van der Waals surface area contributed by atoms with E-state index in [-0.39, 0.29) is 18.9 Å². The number of amides is 1. The van der Waals surface area contributed by atoms with Crippen LogP contribution in [0.25, 0.3) is 0 Å². The lowest BCUT2D eigenvalue weighted by molar-refractivity contribution is -0.115. The summed E-state index contributed by atoms with van der Waals surface area (Å²) in [4.78, 5) is 15.9. The molecule has 1 N–H and O–H groups in total. The minimum atomic E-state index is -0.0984. The molecule has 0 atom stereocenters. The molecule has 0 fully saturated rings. The van der Waals surface area contributed by atoms with E-state index < -0.39 is 0 Å². The molecule has 23 heavy (non-hydrogen) atoms. The van der Waals surface area contributed by atoms with Crippen LogP contribution in [0.1, 0.15) is 11.4 Å². The number of nitrogens with one attached hydrogen (secondary N) is 1. The molecule has 1 aromatic carbocycles. The van der Waals surface area contributed by atoms with Gasteiger partial charge in [-0.25, -0.2) is 9.67 Å². The highest BCUT2D eigenvalue weighted by atomic mass is 32.1. The lowest BCUT2D eigenvalue weighted by Crippen LogP contribution is -2.14. The molecule has 0 aliphatic rings. The predicted molar refractivity (Wildman–Crippen MR) is 84.0 cm³/mol. The number of hydrogen-bond acceptors (Lipinski definition) is 7. The van der Waals surface area contributed by atoms with Crippen molar-refractivity contribution in [2.45, 2.75) is 13.0 Å². The van der Waals surface area contributed by atoms with Gasteiger partial charge in [-0.05, 0) is 28.1 Å². The summed E-state index contributed by atoms with van der Waals surface area (Å²) >= 11 is 1.39. The summed E-state index contributed by atoms with van der Waals surface area (Å²) < 4.78 is 7.16. The molecular weight excluding hydrogens is 316 g/mol. The molecule has 8 nitrogen and oxygen atoms in total. The Kier molecular flexibility index (Phi) is 4.57. The first kappa shape index (κ1) is 15.1. The third-order valence-corrected chi connectivity index (χ3v) is 3.73. The highest BCUT2D eigenvalue weighted by Gasteiger charge is 2.07. The number of nitrogens with zero attached hydrogens (tertiary/aromatic N) is 5. The fourth-order valence-electron chi connectivity index (χ4n) is 1.86. The van der Waals surface area contributed by atoms with Gasteiger partial charge in [0.1, 0.15) is 12.4 Å². The van der Waals surface area contributed by atoms with E-state index in [9.17, 15) is 4.79 Å². The Morgan fingerprint density at radius 2 is 2.17 bits per heavy atom. The van der Waals surface area contributed by atoms with Crippen LogP contribution in [0.4, 0.5) is 5.13 Å². The molecule has 0 aliphatic carbocycles. The van der Waals surface area contributed by atoms with Crippen molar-refractivity contribution in [1.82, 2.24) is 25.2 Å². The summed E-state index contributed by atoms with van der Waals surface area (Å²) in [6, 6.07) is 7.34. The first-order chi connectivity index (χ1) is 11.2. The Bertz CT molecular complexity index is 769. The SMILES string of the molecule is Cn1nnnc1COc1ccc(CC(=O)Nc2nccs2)cc1. The monoisotopic (exact) mass is 330 g/mol. The molecule has 9 heteroatoms. The molecule has 2 heterocycles. The van der Waals surface area contributed by atoms with Crippen LogP contribution in [0.2, 0.25) is 0 Å². The topological polar surface area (TPSA) is 94.8 Å². The first-order valence-corrected chi connectivity index (χ1v) is 7.71. The second-order valence-electron chi connectivity index (χ2n) is 4.71. The largest absolute Gasteiger partial charge is 0.486 e. The van der Waals surface area contributed by atoms with Crippen LogP contribution >= 0.6 is 11.3 Å². The number of ether oxygens (including phenoxy) is 1. The van der Waals surface area contributed by atoms with Gasteiger partial charge in [-0.3, -0.25) is 4.79 Å². The van der Waals surface area contributed by atoms with Crippen molar-refractivity contribution < 1.29 is 9.53 Å². The van der Waals surface area contributed by atoms with Crippen molar-refractivity contribution >= 4 is 22.4 Å². The third-order valence-electron chi connectivity index (χ3n) is 3.04. The number of aromatic nitrogens is 5. The van der Waals surface area contributed by atoms with E-state index in [2.05, 4.69) is 25.8 Å². The second kappa shape index (κ2) is 6.97. The van der Waals surface area contributed by atoms with Crippen LogP contribution in [0, 0.1) is 0 Å². The van der Waals surface area contributed by atoms with Crippen LogP contribution in [0.3, 0.4) is 0 Å². The number of benzene rings is 1. The highest BCUT2D eigenvalue weighted by Crippen LogP contribution is 2.15. The number of aryl methyl sites for hydroxylation is 1. The van der Waals surface area contributed by atoms with Crippen LogP contribution < -0.4 is 10.1 Å². The van der Waals surface area contributed by atoms with Gasteiger partial charge in [0, 0.05) is 18.6 Å². The van der Waals surface area contributed by atoms with Crippen molar-refractivity contribution in [2.75, 3.05) is 5.32 Å². The molecule has 0 saturated heterocycles. The number of thiazole rings is 1. The molecule has 0 bridgehead atoms. The molecule has 0 unspecified atom stereocenters. The van der Waals surface area contributed by atoms with Gasteiger partial charge >= 0.3 is 0 Å². The Morgan fingerprint density at radius 1 is 1.35 bits per heavy atom. The number of tetrazole rings is 1. The molecule has 0 radical (unpaired) electrons. The number of hydrogen-bond donors (Lipinski definition) is 1. The average Bonchev–Trinajstić information content (AvgIpc) is 3.18. The van der Waals surface area contributed by atoms with Gasteiger partial charge in [0.15, 0.2) is 11.0 Å². The smallest absolute Gasteiger partial charge is 0.230 e. The van der Waals surface area contributed by atoms with Gasteiger partial charge in [-0.15, -0.1) is 16.4 Å². The molecule has 1 amide bonds. The van der Waals surface area contributed by atoms with Crippen molar-refractivity contribution in [3.8, 4) is 5.75 Å². The van der Waals surface area contributed by atoms with Gasteiger partial charge in [0.25, 0.3) is 0 Å². The van der Waals surface area contributed by atoms with Crippen LogP contribution in [-0.4, -0.2) is 31.1 Å². The lowest BCUT2D eigenvalue weighted by atomic mass is 10.1. The quantitative estimate of drug-likeness (QED) is 0.734. The summed E-state index contributed by atoms with van der Waals surface area (Å²) in [7, 11) is 1.75. The first-order valence-electron chi connectivity index (χ1n) is 6.83. The van der Waals surface area contributed by atoms with Crippen LogP contribution in [-0.2, 0) is 24.9 Å². The van der Waals surface area contributed by atoms with Crippen LogP contribution in [0.15, 0.2) is 35.8 Å². The van der Waals surface area contributed by atoms with E-state index in [4.69, 9.17) is 4.74 Å². The Hall–Kier alpha value is -2.81. The number of anilines is 1. The molecule has 0 aliphatic heterocycles. The maximum Gasteiger partial charge on any atom is 0.230 e. The maximum atomic E-state index is 11.9. The van der Waals surface area contributed by atoms with E-state index in [0.29, 0.717) is 16.7 Å². The zero-order valence-corrected chi connectivity index (χ0v) is 13.2. The van der Waals surface area contributed by atoms with Gasteiger partial charge in [0.2, 0.25) is 5.91 Å². The fourth-order valence-corrected chi connectivity index (χ4v) is 2.40. The highest BCUT2D eigenvalue weighted by molar-refractivity contribution is 7.13. The van der Waals surface area contributed by atoms with E-state index in [1.165, 1.54) is 11.3 Å². The number of carbonyl (C=O) groups excluding carboxylic acids is 1. The summed E-state index contributed by atoms with van der Waals surface area (Å²) in [6.07, 6.45) is 1.94. The summed E-state index contributed by atoms with van der Waals surface area (Å²) in [5.74, 6) is 1.23. The molecule has 3 aromatic rings. The normalized spacial score (nSPS) is 10.5. The fraction of sp³-hybridized carbons (Fsp3) is 0.214. The van der Waals surface area contributed by atoms with Gasteiger partial charge < -0.3 is 10.1 Å².